The number of rotatable bonds is 5. The van der Waals surface area contributed by atoms with E-state index in [4.69, 9.17) is 5.73 Å². The summed E-state index contributed by atoms with van der Waals surface area (Å²) in [4.78, 5) is 14.2. The van der Waals surface area contributed by atoms with E-state index in [1.165, 1.54) is 5.56 Å². The number of nitrogens with two attached hydrogens (primary N) is 1. The summed E-state index contributed by atoms with van der Waals surface area (Å²) in [6.45, 7) is 4.79. The van der Waals surface area contributed by atoms with E-state index in [-0.39, 0.29) is 11.9 Å². The predicted molar refractivity (Wildman–Crippen MR) is 81.5 cm³/mol. The van der Waals surface area contributed by atoms with Crippen molar-refractivity contribution in [1.29, 1.82) is 0 Å². The lowest BCUT2D eigenvalue weighted by Gasteiger charge is -2.26. The number of hydrogen-bond acceptors (Lipinski definition) is 3. The first-order valence-corrected chi connectivity index (χ1v) is 7.50. The molecule has 4 heteroatoms. The van der Waals surface area contributed by atoms with Crippen molar-refractivity contribution in [1.82, 2.24) is 10.2 Å². The molecule has 20 heavy (non-hydrogen) atoms. The van der Waals surface area contributed by atoms with Gasteiger partial charge in [-0.25, -0.2) is 0 Å². The summed E-state index contributed by atoms with van der Waals surface area (Å²) in [6, 6.07) is 10.7. The number of nitrogens with one attached hydrogen (secondary N) is 1. The predicted octanol–water partition coefficient (Wildman–Crippen LogP) is 1.33. The summed E-state index contributed by atoms with van der Waals surface area (Å²) in [6.07, 6.45) is 1.98. The highest BCUT2D eigenvalue weighted by atomic mass is 16.2. The molecule has 1 heterocycles. The van der Waals surface area contributed by atoms with Crippen LogP contribution in [0.3, 0.4) is 0 Å². The summed E-state index contributed by atoms with van der Waals surface area (Å²) in [5.41, 5.74) is 7.00. The van der Waals surface area contributed by atoms with E-state index in [2.05, 4.69) is 36.5 Å². The monoisotopic (exact) mass is 275 g/mol. The SMILES string of the molecule is CCC(CN1CC[C@@H](CN)NCC1=O)c1ccccc1. The van der Waals surface area contributed by atoms with E-state index in [9.17, 15) is 4.79 Å². The maximum atomic E-state index is 12.2. The molecule has 1 aliphatic heterocycles. The maximum absolute atomic E-state index is 12.2. The van der Waals surface area contributed by atoms with Crippen molar-refractivity contribution >= 4 is 5.91 Å². The maximum Gasteiger partial charge on any atom is 0.236 e. The van der Waals surface area contributed by atoms with Gasteiger partial charge in [0.15, 0.2) is 0 Å². The fourth-order valence-electron chi connectivity index (χ4n) is 2.74. The smallest absolute Gasteiger partial charge is 0.236 e. The van der Waals surface area contributed by atoms with Crippen molar-refractivity contribution in [2.75, 3.05) is 26.2 Å². The first-order valence-electron chi connectivity index (χ1n) is 7.50. The molecule has 2 atom stereocenters. The van der Waals surface area contributed by atoms with Crippen LogP contribution in [0.15, 0.2) is 30.3 Å². The van der Waals surface area contributed by atoms with Crippen molar-refractivity contribution in [3.05, 3.63) is 35.9 Å². The van der Waals surface area contributed by atoms with Gasteiger partial charge in [0.2, 0.25) is 5.91 Å². The Morgan fingerprint density at radius 1 is 1.40 bits per heavy atom. The number of carbonyl (C=O) groups excluding carboxylic acids is 1. The van der Waals surface area contributed by atoms with Gasteiger partial charge in [-0.1, -0.05) is 37.3 Å². The van der Waals surface area contributed by atoms with Crippen LogP contribution in [0.1, 0.15) is 31.2 Å². The number of hydrogen-bond donors (Lipinski definition) is 2. The Labute approximate surface area is 121 Å². The van der Waals surface area contributed by atoms with Crippen LogP contribution in [-0.2, 0) is 4.79 Å². The van der Waals surface area contributed by atoms with E-state index in [1.54, 1.807) is 0 Å². The third kappa shape index (κ3) is 3.81. The van der Waals surface area contributed by atoms with Gasteiger partial charge < -0.3 is 16.0 Å². The van der Waals surface area contributed by atoms with Gasteiger partial charge in [0, 0.05) is 31.6 Å². The molecule has 1 saturated heterocycles. The molecule has 0 aliphatic carbocycles. The topological polar surface area (TPSA) is 58.4 Å². The van der Waals surface area contributed by atoms with Crippen molar-refractivity contribution in [2.45, 2.75) is 31.7 Å². The van der Waals surface area contributed by atoms with Crippen molar-refractivity contribution in [3.63, 3.8) is 0 Å². The molecule has 1 aromatic rings. The Morgan fingerprint density at radius 2 is 2.15 bits per heavy atom. The minimum atomic E-state index is 0.190. The molecule has 1 aliphatic rings. The van der Waals surface area contributed by atoms with Gasteiger partial charge >= 0.3 is 0 Å². The molecule has 110 valence electrons. The van der Waals surface area contributed by atoms with Gasteiger partial charge in [-0.05, 0) is 18.4 Å². The van der Waals surface area contributed by atoms with Crippen LogP contribution < -0.4 is 11.1 Å². The fraction of sp³-hybridized carbons (Fsp3) is 0.562. The number of benzene rings is 1. The molecule has 1 unspecified atom stereocenters. The molecule has 2 rings (SSSR count). The summed E-state index contributed by atoms with van der Waals surface area (Å²) in [5.74, 6) is 0.602. The van der Waals surface area contributed by atoms with Crippen molar-refractivity contribution in [2.24, 2.45) is 5.73 Å². The van der Waals surface area contributed by atoms with Crippen LogP contribution in [0, 0.1) is 0 Å². The highest BCUT2D eigenvalue weighted by Crippen LogP contribution is 2.21. The highest BCUT2D eigenvalue weighted by molar-refractivity contribution is 5.78. The average Bonchev–Trinajstić information content (AvgIpc) is 2.67. The number of nitrogens with zero attached hydrogens (tertiary/aromatic N) is 1. The normalized spacial score (nSPS) is 21.6. The van der Waals surface area contributed by atoms with Gasteiger partial charge in [0.25, 0.3) is 0 Å². The largest absolute Gasteiger partial charge is 0.341 e. The minimum absolute atomic E-state index is 0.190. The lowest BCUT2D eigenvalue weighted by Crippen LogP contribution is -2.39. The molecular weight excluding hydrogens is 250 g/mol. The zero-order chi connectivity index (χ0) is 14.4. The van der Waals surface area contributed by atoms with Crippen LogP contribution in [-0.4, -0.2) is 43.0 Å². The Morgan fingerprint density at radius 3 is 2.80 bits per heavy atom. The second kappa shape index (κ2) is 7.41. The number of carbonyl (C=O) groups is 1. The molecule has 0 radical (unpaired) electrons. The molecule has 1 fully saturated rings. The van der Waals surface area contributed by atoms with Crippen LogP contribution in [0.2, 0.25) is 0 Å². The second-order valence-electron chi connectivity index (χ2n) is 5.46. The molecule has 0 saturated carbocycles. The van der Waals surface area contributed by atoms with Gasteiger partial charge in [-0.15, -0.1) is 0 Å². The zero-order valence-corrected chi connectivity index (χ0v) is 12.2. The quantitative estimate of drug-likeness (QED) is 0.852. The first kappa shape index (κ1) is 15.0. The molecule has 0 aromatic heterocycles. The Bertz CT molecular complexity index is 421. The lowest BCUT2D eigenvalue weighted by molar-refractivity contribution is -0.129. The van der Waals surface area contributed by atoms with E-state index in [0.717, 1.165) is 25.9 Å². The van der Waals surface area contributed by atoms with Crippen LogP contribution in [0.25, 0.3) is 0 Å². The standard InChI is InChI=1S/C16H25N3O/c1-2-13(14-6-4-3-5-7-14)12-19-9-8-15(10-17)18-11-16(19)20/h3-7,13,15,18H,2,8-12,17H2,1H3/t13?,15-/m0/s1. The molecule has 4 nitrogen and oxygen atoms in total. The summed E-state index contributed by atoms with van der Waals surface area (Å²) >= 11 is 0. The summed E-state index contributed by atoms with van der Waals surface area (Å²) < 4.78 is 0. The van der Waals surface area contributed by atoms with Crippen molar-refractivity contribution in [3.8, 4) is 0 Å². The molecular formula is C16H25N3O. The van der Waals surface area contributed by atoms with E-state index in [1.807, 2.05) is 11.0 Å². The second-order valence-corrected chi connectivity index (χ2v) is 5.46. The van der Waals surface area contributed by atoms with E-state index >= 15 is 0 Å². The van der Waals surface area contributed by atoms with Crippen molar-refractivity contribution < 1.29 is 4.79 Å². The average molecular weight is 275 g/mol. The van der Waals surface area contributed by atoms with Crippen LogP contribution in [0.5, 0.6) is 0 Å². The van der Waals surface area contributed by atoms with Gasteiger partial charge in [-0.3, -0.25) is 4.79 Å². The van der Waals surface area contributed by atoms with Gasteiger partial charge in [0.05, 0.1) is 6.54 Å². The molecule has 0 bridgehead atoms. The fourth-order valence-corrected chi connectivity index (χ4v) is 2.74. The summed E-state index contributed by atoms with van der Waals surface area (Å²) in [5, 5.41) is 3.23. The Balaban J connectivity index is 2.01. The number of amides is 1. The Hall–Kier alpha value is -1.39. The summed E-state index contributed by atoms with van der Waals surface area (Å²) in [7, 11) is 0. The van der Waals surface area contributed by atoms with E-state index in [0.29, 0.717) is 19.0 Å². The first-order chi connectivity index (χ1) is 9.74. The molecule has 1 amide bonds. The van der Waals surface area contributed by atoms with Gasteiger partial charge in [0.1, 0.15) is 0 Å². The molecule has 0 spiro atoms. The highest BCUT2D eigenvalue weighted by Gasteiger charge is 2.23. The minimum Gasteiger partial charge on any atom is -0.341 e. The van der Waals surface area contributed by atoms with Crippen LogP contribution in [0.4, 0.5) is 0 Å². The van der Waals surface area contributed by atoms with Crippen LogP contribution >= 0.6 is 0 Å². The van der Waals surface area contributed by atoms with E-state index < -0.39 is 0 Å². The third-order valence-electron chi connectivity index (χ3n) is 4.13. The zero-order valence-electron chi connectivity index (χ0n) is 12.2. The molecule has 1 aromatic carbocycles. The van der Waals surface area contributed by atoms with Gasteiger partial charge in [-0.2, -0.15) is 0 Å². The lowest BCUT2D eigenvalue weighted by atomic mass is 9.96. The Kier molecular flexibility index (Phi) is 5.56. The third-order valence-corrected chi connectivity index (χ3v) is 4.13. The molecule has 3 N–H and O–H groups in total.